The lowest BCUT2D eigenvalue weighted by atomic mass is 9.94. The van der Waals surface area contributed by atoms with E-state index in [1.165, 1.54) is 5.56 Å². The van der Waals surface area contributed by atoms with Gasteiger partial charge in [-0.2, -0.15) is 0 Å². The summed E-state index contributed by atoms with van der Waals surface area (Å²) >= 11 is 0. The highest BCUT2D eigenvalue weighted by atomic mass is 16.5. The molecule has 1 saturated heterocycles. The van der Waals surface area contributed by atoms with Gasteiger partial charge in [-0.05, 0) is 31.5 Å². The van der Waals surface area contributed by atoms with E-state index in [0.717, 1.165) is 42.4 Å². The van der Waals surface area contributed by atoms with Crippen LogP contribution in [0, 0.1) is 13.8 Å². The number of carbonyl (C=O) groups is 1. The smallest absolute Gasteiger partial charge is 0.217 e. The average molecular weight is 343 g/mol. The van der Waals surface area contributed by atoms with Gasteiger partial charge in [-0.25, -0.2) is 0 Å². The monoisotopic (exact) mass is 343 g/mol. The van der Waals surface area contributed by atoms with Crippen LogP contribution in [0.1, 0.15) is 35.4 Å². The first-order chi connectivity index (χ1) is 12.0. The first-order valence-electron chi connectivity index (χ1n) is 8.53. The Bertz CT molecular complexity index is 719. The van der Waals surface area contributed by atoms with Crippen LogP contribution >= 0.6 is 0 Å². The zero-order chi connectivity index (χ0) is 18.0. The van der Waals surface area contributed by atoms with Crippen LogP contribution in [0.3, 0.4) is 0 Å². The molecule has 6 nitrogen and oxygen atoms in total. The second kappa shape index (κ2) is 7.27. The van der Waals surface area contributed by atoms with Crippen LogP contribution in [0.2, 0.25) is 0 Å². The number of rotatable bonds is 5. The molecule has 3 rings (SSSR count). The summed E-state index contributed by atoms with van der Waals surface area (Å²) in [6.45, 7) is 7.94. The molecule has 6 heteroatoms. The first-order valence-corrected chi connectivity index (χ1v) is 8.53. The van der Waals surface area contributed by atoms with Crippen LogP contribution in [-0.4, -0.2) is 42.2 Å². The number of likely N-dealkylation sites (tertiary alicyclic amines) is 1. The van der Waals surface area contributed by atoms with E-state index in [4.69, 9.17) is 9.26 Å². The average Bonchev–Trinajstić information content (AvgIpc) is 3.12. The fraction of sp³-hybridized carbons (Fsp3) is 0.474. The highest BCUT2D eigenvalue weighted by Crippen LogP contribution is 2.30. The first kappa shape index (κ1) is 17.5. The number of carbonyl (C=O) groups excluding carboxylic acids is 1. The number of hydrogen-bond acceptors (Lipinski definition) is 5. The van der Waals surface area contributed by atoms with Gasteiger partial charge in [-0.1, -0.05) is 17.3 Å². The maximum absolute atomic E-state index is 11.6. The molecule has 0 saturated carbocycles. The maximum atomic E-state index is 11.6. The molecule has 2 atom stereocenters. The number of methoxy groups -OCH3 is 1. The molecule has 0 aliphatic carbocycles. The van der Waals surface area contributed by atoms with Gasteiger partial charge >= 0.3 is 0 Å². The Morgan fingerprint density at radius 1 is 1.32 bits per heavy atom. The van der Waals surface area contributed by atoms with Gasteiger partial charge in [0.15, 0.2) is 0 Å². The van der Waals surface area contributed by atoms with Crippen LogP contribution in [0.25, 0.3) is 0 Å². The molecule has 0 spiro atoms. The summed E-state index contributed by atoms with van der Waals surface area (Å²) in [5.74, 6) is 1.95. The van der Waals surface area contributed by atoms with Crippen molar-refractivity contribution in [1.82, 2.24) is 15.4 Å². The predicted molar refractivity (Wildman–Crippen MR) is 94.6 cm³/mol. The van der Waals surface area contributed by atoms with Gasteiger partial charge in [0.25, 0.3) is 0 Å². The molecule has 1 aromatic carbocycles. The quantitative estimate of drug-likeness (QED) is 0.903. The Labute approximate surface area is 148 Å². The fourth-order valence-electron chi connectivity index (χ4n) is 3.56. The zero-order valence-electron chi connectivity index (χ0n) is 15.2. The number of hydrogen-bond donors (Lipinski definition) is 1. The van der Waals surface area contributed by atoms with Crippen molar-refractivity contribution in [3.8, 4) is 5.75 Å². The molecular weight excluding hydrogens is 318 g/mol. The second-order valence-electron chi connectivity index (χ2n) is 6.68. The van der Waals surface area contributed by atoms with Gasteiger partial charge in [0.1, 0.15) is 11.5 Å². The second-order valence-corrected chi connectivity index (χ2v) is 6.68. The molecule has 0 unspecified atom stereocenters. The minimum absolute atomic E-state index is 0.00250. The molecule has 2 aromatic rings. The minimum atomic E-state index is 0.00250. The van der Waals surface area contributed by atoms with Crippen LogP contribution < -0.4 is 10.1 Å². The van der Waals surface area contributed by atoms with Crippen molar-refractivity contribution in [2.75, 3.05) is 20.2 Å². The summed E-state index contributed by atoms with van der Waals surface area (Å²) in [4.78, 5) is 14.0. The molecule has 2 heterocycles. The van der Waals surface area contributed by atoms with Crippen molar-refractivity contribution in [1.29, 1.82) is 0 Å². The highest BCUT2D eigenvalue weighted by Gasteiger charge is 2.35. The van der Waals surface area contributed by atoms with Gasteiger partial charge in [0, 0.05) is 44.1 Å². The van der Waals surface area contributed by atoms with E-state index >= 15 is 0 Å². The number of benzene rings is 1. The number of aryl methyl sites for hydroxylation is 2. The van der Waals surface area contributed by atoms with Crippen molar-refractivity contribution >= 4 is 5.91 Å². The lowest BCUT2D eigenvalue weighted by Gasteiger charge is -2.19. The molecular formula is C19H25N3O3. The third-order valence-electron chi connectivity index (χ3n) is 4.89. The molecule has 1 N–H and O–H groups in total. The van der Waals surface area contributed by atoms with Gasteiger partial charge in [-0.3, -0.25) is 9.69 Å². The molecule has 0 bridgehead atoms. The Kier molecular flexibility index (Phi) is 5.08. The van der Waals surface area contributed by atoms with E-state index in [9.17, 15) is 4.79 Å². The van der Waals surface area contributed by atoms with E-state index in [1.807, 2.05) is 26.0 Å². The van der Waals surface area contributed by atoms with Crippen molar-refractivity contribution in [2.24, 2.45) is 0 Å². The molecule has 25 heavy (non-hydrogen) atoms. The zero-order valence-corrected chi connectivity index (χ0v) is 15.2. The molecule has 0 radical (unpaired) electrons. The van der Waals surface area contributed by atoms with E-state index in [2.05, 4.69) is 27.5 Å². The molecule has 1 amide bonds. The van der Waals surface area contributed by atoms with E-state index < -0.39 is 0 Å². The Hall–Kier alpha value is -2.34. The Balaban J connectivity index is 1.79. The Morgan fingerprint density at radius 3 is 2.60 bits per heavy atom. The number of nitrogens with one attached hydrogen (secondary N) is 1. The predicted octanol–water partition coefficient (Wildman–Crippen LogP) is 2.40. The Morgan fingerprint density at radius 2 is 2.04 bits per heavy atom. The summed E-state index contributed by atoms with van der Waals surface area (Å²) in [6, 6.07) is 8.19. The highest BCUT2D eigenvalue weighted by molar-refractivity contribution is 5.73. The van der Waals surface area contributed by atoms with E-state index in [-0.39, 0.29) is 17.9 Å². The molecule has 1 fully saturated rings. The van der Waals surface area contributed by atoms with Gasteiger partial charge in [0.2, 0.25) is 5.91 Å². The minimum Gasteiger partial charge on any atom is -0.497 e. The van der Waals surface area contributed by atoms with Gasteiger partial charge in [-0.15, -0.1) is 0 Å². The molecule has 134 valence electrons. The fourth-order valence-corrected chi connectivity index (χ4v) is 3.56. The molecule has 1 aromatic heterocycles. The van der Waals surface area contributed by atoms with Crippen molar-refractivity contribution in [2.45, 2.75) is 39.3 Å². The van der Waals surface area contributed by atoms with Gasteiger partial charge in [0.05, 0.1) is 12.8 Å². The summed E-state index contributed by atoms with van der Waals surface area (Å²) in [6.07, 6.45) is 0. The summed E-state index contributed by atoms with van der Waals surface area (Å²) in [7, 11) is 1.66. The van der Waals surface area contributed by atoms with Crippen LogP contribution in [-0.2, 0) is 11.3 Å². The summed E-state index contributed by atoms with van der Waals surface area (Å²) in [5.41, 5.74) is 3.28. The molecule has 1 aliphatic rings. The summed E-state index contributed by atoms with van der Waals surface area (Å²) in [5, 5.41) is 7.14. The van der Waals surface area contributed by atoms with Crippen LogP contribution in [0.5, 0.6) is 5.75 Å². The standard InChI is InChI=1S/C19H25N3O3/c1-12-17(13(2)25-21-12)9-22-10-18(19(11-22)20-14(3)23)15-5-7-16(24-4)8-6-15/h5-8,18-19H,9-11H2,1-4H3,(H,20,23)/t18-,19+/m0/s1. The van der Waals surface area contributed by atoms with Crippen LogP contribution in [0.4, 0.5) is 0 Å². The van der Waals surface area contributed by atoms with Crippen molar-refractivity contribution in [3.63, 3.8) is 0 Å². The topological polar surface area (TPSA) is 67.6 Å². The lowest BCUT2D eigenvalue weighted by Crippen LogP contribution is -2.38. The normalized spacial score (nSPS) is 20.6. The lowest BCUT2D eigenvalue weighted by molar-refractivity contribution is -0.119. The number of amides is 1. The summed E-state index contributed by atoms with van der Waals surface area (Å²) < 4.78 is 10.5. The SMILES string of the molecule is COc1ccc([C@@H]2CN(Cc3c(C)noc3C)C[C@H]2NC(C)=O)cc1. The number of ether oxygens (including phenoxy) is 1. The third kappa shape index (κ3) is 3.85. The largest absolute Gasteiger partial charge is 0.497 e. The maximum Gasteiger partial charge on any atom is 0.217 e. The van der Waals surface area contributed by atoms with Crippen molar-refractivity contribution in [3.05, 3.63) is 46.8 Å². The van der Waals surface area contributed by atoms with Gasteiger partial charge < -0.3 is 14.6 Å². The van der Waals surface area contributed by atoms with E-state index in [0.29, 0.717) is 0 Å². The van der Waals surface area contributed by atoms with Crippen molar-refractivity contribution < 1.29 is 14.1 Å². The van der Waals surface area contributed by atoms with Crippen LogP contribution in [0.15, 0.2) is 28.8 Å². The third-order valence-corrected chi connectivity index (χ3v) is 4.89. The molecule has 1 aliphatic heterocycles. The number of aromatic nitrogens is 1. The number of nitrogens with zero attached hydrogens (tertiary/aromatic N) is 2. The van der Waals surface area contributed by atoms with E-state index in [1.54, 1.807) is 14.0 Å².